The van der Waals surface area contributed by atoms with Gasteiger partial charge in [-0.05, 0) is 24.9 Å². The molecule has 0 aliphatic carbocycles. The molecule has 1 N–H and O–H groups in total. The van der Waals surface area contributed by atoms with E-state index in [1.165, 1.54) is 25.5 Å². The third kappa shape index (κ3) is 3.33. The molecule has 1 aromatic carbocycles. The average Bonchev–Trinajstić information content (AvgIpc) is 2.46. The molecule has 2 rings (SSSR count). The van der Waals surface area contributed by atoms with E-state index in [-0.39, 0.29) is 11.9 Å². The summed E-state index contributed by atoms with van der Waals surface area (Å²) in [4.78, 5) is 11.6. The Morgan fingerprint density at radius 2 is 2.17 bits per heavy atom. The van der Waals surface area contributed by atoms with Crippen molar-refractivity contribution in [1.82, 2.24) is 5.32 Å². The molecule has 0 aromatic heterocycles. The highest BCUT2D eigenvalue weighted by Crippen LogP contribution is 2.28. The molecular weight excluding hydrogens is 226 g/mol. The monoisotopic (exact) mass is 247 g/mol. The zero-order valence-electron chi connectivity index (χ0n) is 10.9. The first-order chi connectivity index (χ1) is 8.81. The zero-order chi connectivity index (χ0) is 12.8. The van der Waals surface area contributed by atoms with Gasteiger partial charge in [-0.2, -0.15) is 0 Å². The molecule has 1 aliphatic heterocycles. The summed E-state index contributed by atoms with van der Waals surface area (Å²) in [6.45, 7) is 1.05. The number of ether oxygens (including phenoxy) is 1. The van der Waals surface area contributed by atoms with Gasteiger partial charge in [0.2, 0.25) is 0 Å². The van der Waals surface area contributed by atoms with Gasteiger partial charge < -0.3 is 10.1 Å². The van der Waals surface area contributed by atoms with Crippen LogP contribution in [0.3, 0.4) is 0 Å². The average molecular weight is 247 g/mol. The lowest BCUT2D eigenvalue weighted by Gasteiger charge is -2.31. The second kappa shape index (κ2) is 6.55. The summed E-state index contributed by atoms with van der Waals surface area (Å²) >= 11 is 0. The van der Waals surface area contributed by atoms with Gasteiger partial charge in [0.1, 0.15) is 0 Å². The van der Waals surface area contributed by atoms with Gasteiger partial charge in [0.25, 0.3) is 0 Å². The molecule has 18 heavy (non-hydrogen) atoms. The van der Waals surface area contributed by atoms with E-state index in [1.807, 2.05) is 18.2 Å². The largest absolute Gasteiger partial charge is 0.469 e. The number of carbonyl (C=O) groups is 1. The van der Waals surface area contributed by atoms with Gasteiger partial charge in [0, 0.05) is 12.0 Å². The minimum Gasteiger partial charge on any atom is -0.469 e. The highest BCUT2D eigenvalue weighted by molar-refractivity contribution is 5.70. The van der Waals surface area contributed by atoms with E-state index in [1.54, 1.807) is 0 Å². The molecule has 0 radical (unpaired) electrons. The topological polar surface area (TPSA) is 38.3 Å². The maximum Gasteiger partial charge on any atom is 0.306 e. The fraction of sp³-hybridized carbons (Fsp3) is 0.533. The van der Waals surface area contributed by atoms with Crippen LogP contribution in [-0.2, 0) is 9.53 Å². The zero-order valence-corrected chi connectivity index (χ0v) is 10.9. The van der Waals surface area contributed by atoms with Gasteiger partial charge in [-0.1, -0.05) is 36.8 Å². The molecule has 0 bridgehead atoms. The molecule has 1 saturated heterocycles. The minimum atomic E-state index is -0.128. The number of esters is 1. The number of nitrogens with one attached hydrogen (secondary N) is 1. The number of hydrogen-bond acceptors (Lipinski definition) is 3. The normalized spacial score (nSPS) is 21.3. The molecule has 0 unspecified atom stereocenters. The van der Waals surface area contributed by atoms with Crippen molar-refractivity contribution in [3.8, 4) is 0 Å². The molecule has 3 nitrogen and oxygen atoms in total. The Labute approximate surface area is 109 Å². The van der Waals surface area contributed by atoms with Crippen molar-refractivity contribution < 1.29 is 9.53 Å². The minimum absolute atomic E-state index is 0.128. The SMILES string of the molecule is COC(=O)C[C@@H](c1ccccc1)[C@@H]1CCCCN1. The van der Waals surface area contributed by atoms with Crippen molar-refractivity contribution in [1.29, 1.82) is 0 Å². The van der Waals surface area contributed by atoms with E-state index in [0.717, 1.165) is 13.0 Å². The van der Waals surface area contributed by atoms with Crippen LogP contribution in [0.1, 0.15) is 37.2 Å². The van der Waals surface area contributed by atoms with Crippen molar-refractivity contribution in [3.63, 3.8) is 0 Å². The maximum atomic E-state index is 11.6. The van der Waals surface area contributed by atoms with E-state index in [2.05, 4.69) is 17.4 Å². The molecule has 2 atom stereocenters. The molecular formula is C15H21NO2. The van der Waals surface area contributed by atoms with E-state index in [0.29, 0.717) is 12.5 Å². The molecule has 3 heteroatoms. The summed E-state index contributed by atoms with van der Waals surface area (Å²) < 4.78 is 4.83. The quantitative estimate of drug-likeness (QED) is 0.831. The Balaban J connectivity index is 2.14. The van der Waals surface area contributed by atoms with Crippen molar-refractivity contribution in [2.75, 3.05) is 13.7 Å². The summed E-state index contributed by atoms with van der Waals surface area (Å²) in [6, 6.07) is 10.7. The van der Waals surface area contributed by atoms with Crippen LogP contribution in [0, 0.1) is 0 Å². The summed E-state index contributed by atoms with van der Waals surface area (Å²) in [5.74, 6) is 0.0928. The smallest absolute Gasteiger partial charge is 0.306 e. The first-order valence-corrected chi connectivity index (χ1v) is 6.66. The maximum absolute atomic E-state index is 11.6. The van der Waals surface area contributed by atoms with Gasteiger partial charge in [-0.25, -0.2) is 0 Å². The molecule has 0 spiro atoms. The number of piperidine rings is 1. The predicted octanol–water partition coefficient (Wildman–Crippen LogP) is 2.48. The van der Waals surface area contributed by atoms with Crippen LogP contribution in [0.15, 0.2) is 30.3 Å². The molecule has 0 amide bonds. The van der Waals surface area contributed by atoms with E-state index >= 15 is 0 Å². The number of methoxy groups -OCH3 is 1. The fourth-order valence-electron chi connectivity index (χ4n) is 2.68. The van der Waals surface area contributed by atoms with Crippen molar-refractivity contribution in [3.05, 3.63) is 35.9 Å². The number of hydrogen-bond donors (Lipinski definition) is 1. The van der Waals surface area contributed by atoms with E-state index < -0.39 is 0 Å². The number of carbonyl (C=O) groups excluding carboxylic acids is 1. The first-order valence-electron chi connectivity index (χ1n) is 6.66. The number of benzene rings is 1. The Morgan fingerprint density at radius 3 is 2.78 bits per heavy atom. The van der Waals surface area contributed by atoms with Crippen molar-refractivity contribution >= 4 is 5.97 Å². The summed E-state index contributed by atoms with van der Waals surface area (Å²) in [5, 5.41) is 3.54. The van der Waals surface area contributed by atoms with Crippen LogP contribution in [0.2, 0.25) is 0 Å². The van der Waals surface area contributed by atoms with Crippen molar-refractivity contribution in [2.45, 2.75) is 37.6 Å². The van der Waals surface area contributed by atoms with Gasteiger partial charge in [0.15, 0.2) is 0 Å². The fourth-order valence-corrected chi connectivity index (χ4v) is 2.68. The van der Waals surface area contributed by atoms with Crippen LogP contribution in [0.25, 0.3) is 0 Å². The van der Waals surface area contributed by atoms with Crippen LogP contribution in [0.4, 0.5) is 0 Å². The van der Waals surface area contributed by atoms with E-state index in [4.69, 9.17) is 4.74 Å². The Kier molecular flexibility index (Phi) is 4.76. The molecule has 1 fully saturated rings. The highest BCUT2D eigenvalue weighted by atomic mass is 16.5. The Hall–Kier alpha value is -1.35. The van der Waals surface area contributed by atoms with Crippen LogP contribution < -0.4 is 5.32 Å². The Morgan fingerprint density at radius 1 is 1.39 bits per heavy atom. The molecule has 0 saturated carbocycles. The van der Waals surface area contributed by atoms with Gasteiger partial charge in [-0.15, -0.1) is 0 Å². The second-order valence-corrected chi connectivity index (χ2v) is 4.85. The standard InChI is InChI=1S/C15H21NO2/c1-18-15(17)11-13(12-7-3-2-4-8-12)14-9-5-6-10-16-14/h2-4,7-8,13-14,16H,5-6,9-11H2,1H3/t13-,14-/m0/s1. The number of rotatable bonds is 4. The molecule has 1 aliphatic rings. The lowest BCUT2D eigenvalue weighted by atomic mass is 9.84. The van der Waals surface area contributed by atoms with Crippen LogP contribution >= 0.6 is 0 Å². The molecule has 1 aromatic rings. The van der Waals surface area contributed by atoms with E-state index in [9.17, 15) is 4.79 Å². The molecule has 98 valence electrons. The predicted molar refractivity (Wildman–Crippen MR) is 71.5 cm³/mol. The molecule has 1 heterocycles. The van der Waals surface area contributed by atoms with Gasteiger partial charge >= 0.3 is 5.97 Å². The van der Waals surface area contributed by atoms with Gasteiger partial charge in [-0.3, -0.25) is 4.79 Å². The third-order valence-electron chi connectivity index (χ3n) is 3.68. The third-order valence-corrected chi connectivity index (χ3v) is 3.68. The van der Waals surface area contributed by atoms with Crippen LogP contribution in [-0.4, -0.2) is 25.7 Å². The second-order valence-electron chi connectivity index (χ2n) is 4.85. The first kappa shape index (κ1) is 13.1. The van der Waals surface area contributed by atoms with Crippen LogP contribution in [0.5, 0.6) is 0 Å². The highest BCUT2D eigenvalue weighted by Gasteiger charge is 2.27. The lowest BCUT2D eigenvalue weighted by Crippen LogP contribution is -2.39. The van der Waals surface area contributed by atoms with Gasteiger partial charge in [0.05, 0.1) is 13.5 Å². The summed E-state index contributed by atoms with van der Waals surface area (Å²) in [5.41, 5.74) is 1.22. The Bertz CT molecular complexity index is 371. The van der Waals surface area contributed by atoms with Crippen molar-refractivity contribution in [2.24, 2.45) is 0 Å². The lowest BCUT2D eigenvalue weighted by molar-refractivity contribution is -0.141. The summed E-state index contributed by atoms with van der Waals surface area (Å²) in [7, 11) is 1.46. The summed E-state index contributed by atoms with van der Waals surface area (Å²) in [6.07, 6.45) is 4.06.